The van der Waals surface area contributed by atoms with Crippen LogP contribution in [0.5, 0.6) is 0 Å². The van der Waals surface area contributed by atoms with Gasteiger partial charge >= 0.3 is 6.09 Å². The Morgan fingerprint density at radius 3 is 2.71 bits per heavy atom. The number of alkyl carbamates (subject to hydrolysis) is 1. The Morgan fingerprint density at radius 2 is 2.00 bits per heavy atom. The molecule has 116 valence electrons. The maximum atomic E-state index is 11.6. The molecule has 4 heteroatoms. The second-order valence-electron chi connectivity index (χ2n) is 5.92. The fourth-order valence-electron chi connectivity index (χ4n) is 2.93. The molecule has 1 atom stereocenters. The van der Waals surface area contributed by atoms with Crippen LogP contribution < -0.4 is 11.1 Å². The van der Waals surface area contributed by atoms with Gasteiger partial charge in [0.25, 0.3) is 0 Å². The minimum absolute atomic E-state index is 0.183. The van der Waals surface area contributed by atoms with Crippen LogP contribution in [0.1, 0.15) is 44.1 Å². The number of nitrogens with one attached hydrogen (secondary N) is 1. The molecule has 1 aliphatic carbocycles. The van der Waals surface area contributed by atoms with Crippen molar-refractivity contribution in [2.75, 3.05) is 6.54 Å². The van der Waals surface area contributed by atoms with E-state index in [2.05, 4.69) is 5.32 Å². The molecular formula is C17H26N2O2. The van der Waals surface area contributed by atoms with Gasteiger partial charge in [0.1, 0.15) is 6.61 Å². The quantitative estimate of drug-likeness (QED) is 0.810. The number of hydrogen-bond acceptors (Lipinski definition) is 3. The molecule has 1 aromatic rings. The predicted molar refractivity (Wildman–Crippen MR) is 83.8 cm³/mol. The van der Waals surface area contributed by atoms with E-state index in [0.29, 0.717) is 13.2 Å². The number of nitrogens with two attached hydrogens (primary N) is 1. The first-order chi connectivity index (χ1) is 10.2. The molecule has 0 spiro atoms. The molecule has 1 amide bonds. The number of hydrogen-bond donors (Lipinski definition) is 2. The summed E-state index contributed by atoms with van der Waals surface area (Å²) in [4.78, 5) is 11.6. The van der Waals surface area contributed by atoms with Crippen LogP contribution in [-0.2, 0) is 11.3 Å². The largest absolute Gasteiger partial charge is 0.445 e. The average Bonchev–Trinajstić information content (AvgIpc) is 2.99. The Hall–Kier alpha value is -1.55. The maximum Gasteiger partial charge on any atom is 0.407 e. The van der Waals surface area contributed by atoms with Gasteiger partial charge in [0.15, 0.2) is 0 Å². The van der Waals surface area contributed by atoms with Crippen LogP contribution >= 0.6 is 0 Å². The number of carbonyl (C=O) groups is 1. The van der Waals surface area contributed by atoms with Gasteiger partial charge in [-0.3, -0.25) is 0 Å². The van der Waals surface area contributed by atoms with E-state index in [0.717, 1.165) is 24.3 Å². The van der Waals surface area contributed by atoms with Gasteiger partial charge in [0.05, 0.1) is 0 Å². The summed E-state index contributed by atoms with van der Waals surface area (Å²) in [6, 6.07) is 9.85. The fraction of sp³-hybridized carbons (Fsp3) is 0.588. The van der Waals surface area contributed by atoms with E-state index in [4.69, 9.17) is 10.5 Å². The van der Waals surface area contributed by atoms with Gasteiger partial charge in [0, 0.05) is 12.6 Å². The normalized spacial score (nSPS) is 16.6. The molecule has 3 N–H and O–H groups in total. The monoisotopic (exact) mass is 290 g/mol. The summed E-state index contributed by atoms with van der Waals surface area (Å²) in [5.74, 6) is 0.796. The second kappa shape index (κ2) is 8.67. The van der Waals surface area contributed by atoms with Crippen molar-refractivity contribution in [2.45, 2.75) is 51.2 Å². The van der Waals surface area contributed by atoms with Crippen LogP contribution in [0.25, 0.3) is 0 Å². The lowest BCUT2D eigenvalue weighted by Crippen LogP contribution is -2.31. The zero-order valence-corrected chi connectivity index (χ0v) is 12.6. The SMILES string of the molecule is N[C@H](CCNC(=O)OCc1ccccc1)CC1CCCC1. The van der Waals surface area contributed by atoms with Crippen molar-refractivity contribution in [2.24, 2.45) is 11.7 Å². The fourth-order valence-corrected chi connectivity index (χ4v) is 2.93. The Bertz CT molecular complexity index is 416. The van der Waals surface area contributed by atoms with E-state index in [9.17, 15) is 4.79 Å². The van der Waals surface area contributed by atoms with Crippen molar-refractivity contribution < 1.29 is 9.53 Å². The number of carbonyl (C=O) groups excluding carboxylic acids is 1. The topological polar surface area (TPSA) is 64.3 Å². The highest BCUT2D eigenvalue weighted by Crippen LogP contribution is 2.28. The molecule has 0 radical (unpaired) electrons. The Kier molecular flexibility index (Phi) is 6.54. The van der Waals surface area contributed by atoms with Gasteiger partial charge in [-0.2, -0.15) is 0 Å². The molecule has 1 aromatic carbocycles. The summed E-state index contributed by atoms with van der Waals surface area (Å²) in [7, 11) is 0. The molecule has 21 heavy (non-hydrogen) atoms. The number of ether oxygens (including phenoxy) is 1. The standard InChI is InChI=1S/C17H26N2O2/c18-16(12-14-6-4-5-7-14)10-11-19-17(20)21-13-15-8-2-1-3-9-15/h1-3,8-9,14,16H,4-7,10-13,18H2,(H,19,20)/t16-/m1/s1. The van der Waals surface area contributed by atoms with Gasteiger partial charge in [-0.1, -0.05) is 56.0 Å². The molecule has 1 fully saturated rings. The van der Waals surface area contributed by atoms with E-state index < -0.39 is 0 Å². The summed E-state index contributed by atoms with van der Waals surface area (Å²) in [5.41, 5.74) is 7.10. The summed E-state index contributed by atoms with van der Waals surface area (Å²) >= 11 is 0. The third-order valence-corrected chi connectivity index (χ3v) is 4.11. The minimum atomic E-state index is -0.369. The highest BCUT2D eigenvalue weighted by Gasteiger charge is 2.17. The van der Waals surface area contributed by atoms with Crippen molar-refractivity contribution in [3.63, 3.8) is 0 Å². The van der Waals surface area contributed by atoms with Crippen LogP contribution in [-0.4, -0.2) is 18.7 Å². The first-order valence-corrected chi connectivity index (χ1v) is 7.94. The lowest BCUT2D eigenvalue weighted by molar-refractivity contribution is 0.139. The molecule has 0 saturated heterocycles. The molecular weight excluding hydrogens is 264 g/mol. The Labute approximate surface area is 127 Å². The third-order valence-electron chi connectivity index (χ3n) is 4.11. The molecule has 0 bridgehead atoms. The average molecular weight is 290 g/mol. The zero-order chi connectivity index (χ0) is 14.9. The van der Waals surface area contributed by atoms with Crippen molar-refractivity contribution in [3.8, 4) is 0 Å². The number of amides is 1. The third kappa shape index (κ3) is 6.17. The highest BCUT2D eigenvalue weighted by molar-refractivity contribution is 5.67. The number of rotatable bonds is 7. The molecule has 0 aliphatic heterocycles. The van der Waals surface area contributed by atoms with Crippen molar-refractivity contribution in [1.82, 2.24) is 5.32 Å². The zero-order valence-electron chi connectivity index (χ0n) is 12.6. The maximum absolute atomic E-state index is 11.6. The van der Waals surface area contributed by atoms with Gasteiger partial charge in [-0.05, 0) is 24.3 Å². The molecule has 0 aromatic heterocycles. The lowest BCUT2D eigenvalue weighted by atomic mass is 9.97. The van der Waals surface area contributed by atoms with E-state index in [1.807, 2.05) is 30.3 Å². The van der Waals surface area contributed by atoms with Crippen molar-refractivity contribution in [3.05, 3.63) is 35.9 Å². The first-order valence-electron chi connectivity index (χ1n) is 7.94. The van der Waals surface area contributed by atoms with Crippen molar-refractivity contribution in [1.29, 1.82) is 0 Å². The van der Waals surface area contributed by atoms with Crippen LogP contribution in [0, 0.1) is 5.92 Å². The molecule has 0 heterocycles. The van der Waals surface area contributed by atoms with E-state index in [1.165, 1.54) is 25.7 Å². The van der Waals surface area contributed by atoms with Gasteiger partial charge in [-0.15, -0.1) is 0 Å². The Morgan fingerprint density at radius 1 is 1.29 bits per heavy atom. The van der Waals surface area contributed by atoms with E-state index >= 15 is 0 Å². The number of benzene rings is 1. The molecule has 0 unspecified atom stereocenters. The van der Waals surface area contributed by atoms with Crippen LogP contribution in [0.4, 0.5) is 4.79 Å². The van der Waals surface area contributed by atoms with Crippen LogP contribution in [0.15, 0.2) is 30.3 Å². The molecule has 2 rings (SSSR count). The highest BCUT2D eigenvalue weighted by atomic mass is 16.5. The summed E-state index contributed by atoms with van der Waals surface area (Å²) in [5, 5.41) is 2.77. The van der Waals surface area contributed by atoms with E-state index in [1.54, 1.807) is 0 Å². The van der Waals surface area contributed by atoms with Gasteiger partial charge < -0.3 is 15.8 Å². The lowest BCUT2D eigenvalue weighted by Gasteiger charge is -2.16. The van der Waals surface area contributed by atoms with Gasteiger partial charge in [0.2, 0.25) is 0 Å². The summed E-state index contributed by atoms with van der Waals surface area (Å²) in [6.45, 7) is 0.891. The van der Waals surface area contributed by atoms with E-state index in [-0.39, 0.29) is 12.1 Å². The smallest absolute Gasteiger partial charge is 0.407 e. The van der Waals surface area contributed by atoms with Crippen LogP contribution in [0.3, 0.4) is 0 Å². The Balaban J connectivity index is 1.54. The van der Waals surface area contributed by atoms with Gasteiger partial charge in [-0.25, -0.2) is 4.79 Å². The summed E-state index contributed by atoms with van der Waals surface area (Å²) in [6.07, 6.45) is 6.87. The molecule has 1 aliphatic rings. The first kappa shape index (κ1) is 15.8. The van der Waals surface area contributed by atoms with Crippen LogP contribution in [0.2, 0.25) is 0 Å². The molecule has 4 nitrogen and oxygen atoms in total. The second-order valence-corrected chi connectivity index (χ2v) is 5.92. The minimum Gasteiger partial charge on any atom is -0.445 e. The summed E-state index contributed by atoms with van der Waals surface area (Å²) < 4.78 is 5.15. The van der Waals surface area contributed by atoms with Crippen molar-refractivity contribution >= 4 is 6.09 Å². The molecule has 1 saturated carbocycles. The predicted octanol–water partition coefficient (Wildman–Crippen LogP) is 3.21.